The average molecular weight is 873 g/mol. The quantitative estimate of drug-likeness (QED) is 0.210. The Bertz CT molecular complexity index is 1730. The molecule has 6 heterocycles. The van der Waals surface area contributed by atoms with Crippen LogP contribution in [-0.2, 0) is 52.2 Å². The van der Waals surface area contributed by atoms with Gasteiger partial charge in [0.15, 0.2) is 18.4 Å². The third-order valence-corrected chi connectivity index (χ3v) is 14.5. The molecule has 0 amide bonds. The fraction of sp³-hybridized carbons (Fsp3) is 0.771. The number of aliphatic hydroxyl groups excluding tert-OH is 2. The minimum atomic E-state index is -1.84. The Morgan fingerprint density at radius 2 is 1.60 bits per heavy atom. The zero-order valence-corrected chi connectivity index (χ0v) is 38.2. The number of ether oxygens (including phenoxy) is 10. The van der Waals surface area contributed by atoms with Crippen LogP contribution in [0.4, 0.5) is 0 Å². The Hall–Kier alpha value is -2.31. The lowest BCUT2D eigenvalue weighted by molar-refractivity contribution is -0.318. The van der Waals surface area contributed by atoms with Crippen molar-refractivity contribution >= 4 is 5.97 Å². The Labute approximate surface area is 367 Å². The first-order chi connectivity index (χ1) is 29.5. The molecule has 14 nitrogen and oxygen atoms in total. The van der Waals surface area contributed by atoms with Crippen LogP contribution in [-0.4, -0.2) is 139 Å². The molecule has 7 aliphatic rings. The zero-order chi connectivity index (χ0) is 44.7. The molecule has 0 aromatic carbocycles. The predicted molar refractivity (Wildman–Crippen MR) is 227 cm³/mol. The molecule has 1 aliphatic carbocycles. The van der Waals surface area contributed by atoms with Gasteiger partial charge >= 0.3 is 5.97 Å². The molecule has 62 heavy (non-hydrogen) atoms. The molecular weight excluding hydrogens is 801 g/mol. The third-order valence-electron chi connectivity index (χ3n) is 14.5. The van der Waals surface area contributed by atoms with Crippen molar-refractivity contribution < 1.29 is 67.5 Å². The molecule has 14 heteroatoms. The molecule has 2 bridgehead atoms. The van der Waals surface area contributed by atoms with Crippen molar-refractivity contribution in [2.45, 2.75) is 191 Å². The highest BCUT2D eigenvalue weighted by atomic mass is 16.7. The van der Waals surface area contributed by atoms with Gasteiger partial charge in [-0.15, -0.1) is 0 Å². The third kappa shape index (κ3) is 9.64. The van der Waals surface area contributed by atoms with Crippen LogP contribution < -0.4 is 0 Å². The first-order valence-corrected chi connectivity index (χ1v) is 22.9. The maximum Gasteiger partial charge on any atom is 0.316 e. The molecule has 7 rings (SSSR count). The van der Waals surface area contributed by atoms with Crippen LogP contribution in [0.3, 0.4) is 0 Å². The van der Waals surface area contributed by atoms with E-state index in [0.717, 1.165) is 12.0 Å². The molecule has 0 radical (unpaired) electrons. The molecule has 20 atom stereocenters. The molecule has 1 spiro atoms. The number of allylic oxidation sites excluding steroid dienone is 2. The van der Waals surface area contributed by atoms with E-state index in [1.54, 1.807) is 40.2 Å². The fourth-order valence-electron chi connectivity index (χ4n) is 10.6. The normalized spacial score (nSPS) is 49.1. The van der Waals surface area contributed by atoms with E-state index in [0.29, 0.717) is 43.3 Å². The number of esters is 1. The first-order valence-electron chi connectivity index (χ1n) is 22.9. The van der Waals surface area contributed by atoms with E-state index in [1.165, 1.54) is 0 Å². The summed E-state index contributed by atoms with van der Waals surface area (Å²) in [6, 6.07) is 0. The zero-order valence-electron chi connectivity index (χ0n) is 38.2. The second kappa shape index (κ2) is 19.7. The molecule has 3 N–H and O–H groups in total. The van der Waals surface area contributed by atoms with Crippen molar-refractivity contribution in [3.05, 3.63) is 59.3 Å². The second-order valence-electron chi connectivity index (χ2n) is 19.0. The van der Waals surface area contributed by atoms with Crippen molar-refractivity contribution in [2.75, 3.05) is 20.8 Å². The highest BCUT2D eigenvalue weighted by Crippen LogP contribution is 2.47. The van der Waals surface area contributed by atoms with Crippen LogP contribution in [0.25, 0.3) is 0 Å². The number of hydrogen-bond donors (Lipinski definition) is 3. The van der Waals surface area contributed by atoms with Gasteiger partial charge in [0, 0.05) is 51.7 Å². The van der Waals surface area contributed by atoms with Gasteiger partial charge in [0.2, 0.25) is 0 Å². The molecule has 348 valence electrons. The van der Waals surface area contributed by atoms with Gasteiger partial charge in [0.1, 0.15) is 42.0 Å². The maximum absolute atomic E-state index is 14.3. The Balaban J connectivity index is 1.18. The van der Waals surface area contributed by atoms with Crippen molar-refractivity contribution in [1.82, 2.24) is 0 Å². The van der Waals surface area contributed by atoms with Crippen molar-refractivity contribution in [3.63, 3.8) is 0 Å². The summed E-state index contributed by atoms with van der Waals surface area (Å²) < 4.78 is 63.7. The minimum absolute atomic E-state index is 0.0317. The Morgan fingerprint density at radius 3 is 2.32 bits per heavy atom. The lowest BCUT2D eigenvalue weighted by atomic mass is 9.71. The first kappa shape index (κ1) is 47.6. The second-order valence-corrected chi connectivity index (χ2v) is 19.0. The smallest absolute Gasteiger partial charge is 0.316 e. The highest BCUT2D eigenvalue weighted by molar-refractivity contribution is 5.78. The Kier molecular flexibility index (Phi) is 15.1. The molecule has 1 unspecified atom stereocenters. The van der Waals surface area contributed by atoms with Crippen LogP contribution in [0, 0.1) is 23.7 Å². The summed E-state index contributed by atoms with van der Waals surface area (Å²) in [6.45, 7) is 16.1. The van der Waals surface area contributed by atoms with Gasteiger partial charge in [-0.2, -0.15) is 0 Å². The summed E-state index contributed by atoms with van der Waals surface area (Å²) in [6.07, 6.45) is 8.55. The van der Waals surface area contributed by atoms with Gasteiger partial charge in [-0.25, -0.2) is 0 Å². The van der Waals surface area contributed by atoms with Gasteiger partial charge in [-0.05, 0) is 62.8 Å². The van der Waals surface area contributed by atoms with Crippen LogP contribution in [0.5, 0.6) is 0 Å². The SMILES string of the molecule is CC[C@H](C)[C@H]1O[C@]2(C=C[C@@H]1C)C[C@@H]1C[C@@H](C/C=C(\C)[C@H](O[C@@H]3C[C@H](OC)C(O[C@H]4C[C@H](OC)[C@@H](O)[C@H](C)O4)[C@H](C)O3)[C@@H](C)/C=C/C=C3\CO[C@@H]4[C@H](O)C(C)=C[C@@H](C(=O)O1)[C@]34O)O2. The molecule has 6 aliphatic heterocycles. The lowest BCUT2D eigenvalue weighted by Crippen LogP contribution is -2.58. The molecule has 0 aromatic heterocycles. The van der Waals surface area contributed by atoms with Crippen molar-refractivity contribution in [1.29, 1.82) is 0 Å². The number of fused-ring (bicyclic) bond motifs is 2. The number of carbonyl (C=O) groups excluding carboxylic acids is 1. The molecule has 4 saturated heterocycles. The summed E-state index contributed by atoms with van der Waals surface area (Å²) in [7, 11) is 3.22. The number of aliphatic hydroxyl groups is 3. The fourth-order valence-corrected chi connectivity index (χ4v) is 10.6. The van der Waals surface area contributed by atoms with Gasteiger partial charge in [0.25, 0.3) is 0 Å². The standard InChI is InChI=1S/C48H72O14/c1-11-25(2)43-28(5)17-18-47(62-43)23-34-20-33(61-47)16-15-27(4)42(26(3)13-12-14-32-24-55-45-40(49)29(6)19-35(46(51)58-34)48(32,45)52)59-39-22-37(54-10)44(31(8)57-39)60-38-21-36(53-9)41(50)30(7)56-38/h12-15,17-19,25-26,28,30-31,33-45,49-50,52H,11,16,20-24H2,1-10H3/b13-12+,27-15+,32-14+/t25-,26-,28-,30-,31-,33+,34-,35-,36-,37-,38-,39+,40+,41-,42+,43+,44?,45+,47+,48+/m0/s1. The Morgan fingerprint density at radius 1 is 0.887 bits per heavy atom. The number of methoxy groups -OCH3 is 2. The molecular formula is C48H72O14. The topological polar surface area (TPSA) is 170 Å². The van der Waals surface area contributed by atoms with Crippen LogP contribution in [0.15, 0.2) is 59.3 Å². The van der Waals surface area contributed by atoms with E-state index in [-0.39, 0.29) is 42.7 Å². The van der Waals surface area contributed by atoms with Crippen molar-refractivity contribution in [2.24, 2.45) is 23.7 Å². The largest absolute Gasteiger partial charge is 0.462 e. The number of rotatable bonds is 8. The van der Waals surface area contributed by atoms with Gasteiger partial charge in [-0.3, -0.25) is 4.79 Å². The van der Waals surface area contributed by atoms with Crippen LogP contribution >= 0.6 is 0 Å². The van der Waals surface area contributed by atoms with Gasteiger partial charge < -0.3 is 62.7 Å². The van der Waals surface area contributed by atoms with Crippen molar-refractivity contribution in [3.8, 4) is 0 Å². The monoisotopic (exact) mass is 872 g/mol. The number of carbonyl (C=O) groups is 1. The maximum atomic E-state index is 14.3. The van der Waals surface area contributed by atoms with E-state index >= 15 is 0 Å². The van der Waals surface area contributed by atoms with Crippen LogP contribution in [0.2, 0.25) is 0 Å². The summed E-state index contributed by atoms with van der Waals surface area (Å²) in [5.74, 6) is -2.56. The number of hydrogen-bond acceptors (Lipinski definition) is 14. The minimum Gasteiger partial charge on any atom is -0.462 e. The summed E-state index contributed by atoms with van der Waals surface area (Å²) in [5, 5.41) is 34.2. The predicted octanol–water partition coefficient (Wildman–Crippen LogP) is 5.38. The van der Waals surface area contributed by atoms with E-state index in [1.807, 2.05) is 32.1 Å². The molecule has 0 saturated carbocycles. The lowest BCUT2D eigenvalue weighted by Gasteiger charge is -2.48. The van der Waals surface area contributed by atoms with E-state index in [2.05, 4.69) is 39.8 Å². The summed E-state index contributed by atoms with van der Waals surface area (Å²) in [5.41, 5.74) is 0.134. The summed E-state index contributed by atoms with van der Waals surface area (Å²) >= 11 is 0. The average Bonchev–Trinajstić information content (AvgIpc) is 3.58. The van der Waals surface area contributed by atoms with Crippen LogP contribution in [0.1, 0.15) is 93.9 Å². The van der Waals surface area contributed by atoms with Gasteiger partial charge in [-0.1, -0.05) is 70.6 Å². The molecule has 0 aromatic rings. The van der Waals surface area contributed by atoms with E-state index < -0.39 is 90.8 Å². The van der Waals surface area contributed by atoms with Gasteiger partial charge in [0.05, 0.1) is 49.3 Å². The summed E-state index contributed by atoms with van der Waals surface area (Å²) in [4.78, 5) is 14.3. The highest BCUT2D eigenvalue weighted by Gasteiger charge is 2.60. The van der Waals surface area contributed by atoms with E-state index in [9.17, 15) is 20.1 Å². The molecule has 4 fully saturated rings. The van der Waals surface area contributed by atoms with E-state index in [4.69, 9.17) is 47.4 Å².